The second kappa shape index (κ2) is 13.5. The van der Waals surface area contributed by atoms with Crippen molar-refractivity contribution in [2.24, 2.45) is 4.99 Å². The highest BCUT2D eigenvalue weighted by atomic mass is 127. The van der Waals surface area contributed by atoms with Gasteiger partial charge in [-0.3, -0.25) is 4.99 Å². The molecule has 1 fully saturated rings. The Bertz CT molecular complexity index is 622. The van der Waals surface area contributed by atoms with Gasteiger partial charge >= 0.3 is 6.09 Å². The molecule has 0 aromatic carbocycles. The van der Waals surface area contributed by atoms with Gasteiger partial charge < -0.3 is 25.0 Å². The quantitative estimate of drug-likeness (QED) is 0.205. The molecular weight excluding hydrogens is 511 g/mol. The fourth-order valence-electron chi connectivity index (χ4n) is 2.63. The topological polar surface area (TPSA) is 109 Å². The number of carbonyl (C=O) groups excluding carboxylic acids is 1. The lowest BCUT2D eigenvalue weighted by Crippen LogP contribution is -2.53. The lowest BCUT2D eigenvalue weighted by atomic mass is 10.1. The smallest absolute Gasteiger partial charge is 0.410 e. The number of hydrogen-bond donors (Lipinski definition) is 2. The van der Waals surface area contributed by atoms with Crippen LogP contribution in [-0.4, -0.2) is 88.4 Å². The normalized spacial score (nSPS) is 18.0. The number of halogens is 1. The van der Waals surface area contributed by atoms with Crippen molar-refractivity contribution >= 4 is 45.9 Å². The molecule has 0 radical (unpaired) electrons. The molecule has 11 heteroatoms. The Balaban J connectivity index is 0.00000784. The van der Waals surface area contributed by atoms with Crippen LogP contribution in [0.1, 0.15) is 40.5 Å². The van der Waals surface area contributed by atoms with Crippen molar-refractivity contribution in [2.45, 2.75) is 52.2 Å². The molecule has 9 nitrogen and oxygen atoms in total. The Labute approximate surface area is 192 Å². The van der Waals surface area contributed by atoms with Crippen molar-refractivity contribution in [2.75, 3.05) is 51.4 Å². The van der Waals surface area contributed by atoms with Crippen LogP contribution in [0.4, 0.5) is 4.79 Å². The average molecular weight is 548 g/mol. The number of likely N-dealkylation sites (tertiary alicyclic amines) is 1. The third kappa shape index (κ3) is 13.9. The highest BCUT2D eigenvalue weighted by molar-refractivity contribution is 14.0. The number of carbonyl (C=O) groups is 1. The zero-order valence-electron chi connectivity index (χ0n) is 18.2. The fourth-order valence-corrected chi connectivity index (χ4v) is 3.06. The molecule has 0 aromatic heterocycles. The Morgan fingerprint density at radius 1 is 1.28 bits per heavy atom. The largest absolute Gasteiger partial charge is 0.444 e. The van der Waals surface area contributed by atoms with Gasteiger partial charge in [0.2, 0.25) is 0 Å². The molecule has 0 aliphatic carbocycles. The molecule has 1 atom stereocenters. The number of guanidine groups is 1. The first kappa shape index (κ1) is 28.2. The van der Waals surface area contributed by atoms with Crippen LogP contribution in [0.5, 0.6) is 0 Å². The summed E-state index contributed by atoms with van der Waals surface area (Å²) < 4.78 is 32.9. The van der Waals surface area contributed by atoms with Gasteiger partial charge in [0.1, 0.15) is 15.4 Å². The molecule has 0 bridgehead atoms. The van der Waals surface area contributed by atoms with Gasteiger partial charge in [0, 0.05) is 31.9 Å². The predicted octanol–water partition coefficient (Wildman–Crippen LogP) is 1.62. The van der Waals surface area contributed by atoms with E-state index in [1.165, 1.54) is 6.26 Å². The molecule has 0 saturated carbocycles. The van der Waals surface area contributed by atoms with Crippen LogP contribution in [0.3, 0.4) is 0 Å². The third-order valence-corrected chi connectivity index (χ3v) is 4.77. The zero-order chi connectivity index (χ0) is 21.2. The van der Waals surface area contributed by atoms with Crippen molar-refractivity contribution in [1.29, 1.82) is 0 Å². The van der Waals surface area contributed by atoms with Crippen LogP contribution in [0.25, 0.3) is 0 Å². The van der Waals surface area contributed by atoms with Crippen LogP contribution < -0.4 is 10.6 Å². The molecule has 1 heterocycles. The van der Waals surface area contributed by atoms with E-state index in [4.69, 9.17) is 9.47 Å². The second-order valence-corrected chi connectivity index (χ2v) is 10.2. The Morgan fingerprint density at radius 2 is 1.97 bits per heavy atom. The molecule has 1 rings (SSSR count). The van der Waals surface area contributed by atoms with Gasteiger partial charge in [0.15, 0.2) is 5.96 Å². The molecule has 29 heavy (non-hydrogen) atoms. The van der Waals surface area contributed by atoms with E-state index < -0.39 is 15.4 Å². The van der Waals surface area contributed by atoms with Crippen molar-refractivity contribution < 1.29 is 22.7 Å². The monoisotopic (exact) mass is 548 g/mol. The lowest BCUT2D eigenvalue weighted by molar-refractivity contribution is 0.0193. The number of nitrogens with one attached hydrogen (secondary N) is 2. The summed E-state index contributed by atoms with van der Waals surface area (Å²) in [5, 5.41) is 6.54. The van der Waals surface area contributed by atoms with Gasteiger partial charge in [0.05, 0.1) is 25.5 Å². The molecule has 1 saturated heterocycles. The number of nitrogens with zero attached hydrogens (tertiary/aromatic N) is 2. The first-order valence-electron chi connectivity index (χ1n) is 9.78. The van der Waals surface area contributed by atoms with E-state index in [1.807, 2.05) is 27.7 Å². The molecule has 1 amide bonds. The maximum atomic E-state index is 12.3. The van der Waals surface area contributed by atoms with Crippen LogP contribution in [-0.2, 0) is 19.3 Å². The summed E-state index contributed by atoms with van der Waals surface area (Å²) >= 11 is 0. The highest BCUT2D eigenvalue weighted by Gasteiger charge is 2.27. The molecule has 172 valence electrons. The summed E-state index contributed by atoms with van der Waals surface area (Å²) in [6.45, 7) is 10.5. The standard InChI is InChI=1S/C18H36N4O5S.HI/c1-6-19-16(20-9-11-26-12-13-28(5,24)25)21-15-8-7-10-22(14-15)17(23)27-18(2,3)4;/h15H,6-14H2,1-5H3,(H2,19,20,21);1H. The van der Waals surface area contributed by atoms with Crippen LogP contribution >= 0.6 is 24.0 Å². The van der Waals surface area contributed by atoms with Gasteiger partial charge in [-0.2, -0.15) is 0 Å². The second-order valence-electron chi connectivity index (χ2n) is 7.91. The van der Waals surface area contributed by atoms with E-state index in [1.54, 1.807) is 4.90 Å². The maximum Gasteiger partial charge on any atom is 0.410 e. The average Bonchev–Trinajstić information content (AvgIpc) is 2.56. The summed E-state index contributed by atoms with van der Waals surface area (Å²) in [5.74, 6) is 0.669. The van der Waals surface area contributed by atoms with Crippen molar-refractivity contribution in [3.05, 3.63) is 0 Å². The molecule has 1 unspecified atom stereocenters. The summed E-state index contributed by atoms with van der Waals surface area (Å²) in [6, 6.07) is 0.0882. The summed E-state index contributed by atoms with van der Waals surface area (Å²) in [4.78, 5) is 18.5. The van der Waals surface area contributed by atoms with E-state index in [2.05, 4.69) is 15.6 Å². The van der Waals surface area contributed by atoms with E-state index in [9.17, 15) is 13.2 Å². The van der Waals surface area contributed by atoms with Gasteiger partial charge in [-0.25, -0.2) is 13.2 Å². The van der Waals surface area contributed by atoms with Gasteiger partial charge in [-0.1, -0.05) is 0 Å². The van der Waals surface area contributed by atoms with E-state index in [0.29, 0.717) is 38.7 Å². The third-order valence-electron chi connectivity index (χ3n) is 3.86. The zero-order valence-corrected chi connectivity index (χ0v) is 21.3. The van der Waals surface area contributed by atoms with Gasteiger partial charge in [-0.15, -0.1) is 24.0 Å². The molecule has 2 N–H and O–H groups in total. The number of rotatable bonds is 8. The molecule has 0 spiro atoms. The SMILES string of the molecule is CCNC(=NCCOCCS(C)(=O)=O)NC1CCCN(C(=O)OC(C)(C)C)C1.I. The maximum absolute atomic E-state index is 12.3. The van der Waals surface area contributed by atoms with Gasteiger partial charge in [0.25, 0.3) is 0 Å². The van der Waals surface area contributed by atoms with E-state index >= 15 is 0 Å². The van der Waals surface area contributed by atoms with Crippen molar-refractivity contribution in [3.8, 4) is 0 Å². The van der Waals surface area contributed by atoms with E-state index in [-0.39, 0.29) is 48.5 Å². The summed E-state index contributed by atoms with van der Waals surface area (Å²) in [7, 11) is -3.01. The number of hydrogen-bond acceptors (Lipinski definition) is 6. The van der Waals surface area contributed by atoms with Crippen LogP contribution in [0.2, 0.25) is 0 Å². The minimum atomic E-state index is -3.01. The van der Waals surface area contributed by atoms with Crippen LogP contribution in [0.15, 0.2) is 4.99 Å². The minimum Gasteiger partial charge on any atom is -0.444 e. The Hall–Kier alpha value is -0.820. The number of aliphatic imine (C=N–C) groups is 1. The molecule has 1 aliphatic rings. The van der Waals surface area contributed by atoms with E-state index in [0.717, 1.165) is 12.8 Å². The number of amides is 1. The van der Waals surface area contributed by atoms with Crippen molar-refractivity contribution in [1.82, 2.24) is 15.5 Å². The van der Waals surface area contributed by atoms with Crippen molar-refractivity contribution in [3.63, 3.8) is 0 Å². The highest BCUT2D eigenvalue weighted by Crippen LogP contribution is 2.15. The first-order chi connectivity index (χ1) is 13.0. The number of ether oxygens (including phenoxy) is 2. The lowest BCUT2D eigenvalue weighted by Gasteiger charge is -2.35. The minimum absolute atomic E-state index is 0. The Morgan fingerprint density at radius 3 is 2.55 bits per heavy atom. The fraction of sp³-hybridized carbons (Fsp3) is 0.889. The number of sulfone groups is 1. The van der Waals surface area contributed by atoms with Gasteiger partial charge in [-0.05, 0) is 40.5 Å². The molecule has 1 aliphatic heterocycles. The first-order valence-corrected chi connectivity index (χ1v) is 11.8. The molecule has 0 aromatic rings. The summed E-state index contributed by atoms with van der Waals surface area (Å²) in [5.41, 5.74) is -0.509. The molecular formula is C18H37IN4O5S. The number of piperidine rings is 1. The Kier molecular flexibility index (Phi) is 13.1. The predicted molar refractivity (Wildman–Crippen MR) is 126 cm³/mol. The van der Waals surface area contributed by atoms with Crippen LogP contribution in [0, 0.1) is 0 Å². The summed E-state index contributed by atoms with van der Waals surface area (Å²) in [6.07, 6.45) is 2.73.